The van der Waals surface area contributed by atoms with Crippen LogP contribution in [0.5, 0.6) is 0 Å². The third-order valence-electron chi connectivity index (χ3n) is 2.67. The van der Waals surface area contributed by atoms with E-state index in [1.807, 2.05) is 42.5 Å². The highest BCUT2D eigenvalue weighted by Crippen LogP contribution is 2.18. The number of nitrogens with one attached hydrogen (secondary N) is 2. The molecule has 0 bridgehead atoms. The highest BCUT2D eigenvalue weighted by molar-refractivity contribution is 5.75. The molecule has 4 nitrogen and oxygen atoms in total. The summed E-state index contributed by atoms with van der Waals surface area (Å²) in [6.45, 7) is 0. The number of hydrogen-bond acceptors (Lipinski definition) is 2. The summed E-state index contributed by atoms with van der Waals surface area (Å²) in [4.78, 5) is 19.1. The summed E-state index contributed by atoms with van der Waals surface area (Å²) in [5.41, 5.74) is 5.55. The Kier molecular flexibility index (Phi) is 4.15. The van der Waals surface area contributed by atoms with Crippen molar-refractivity contribution < 1.29 is 9.63 Å². The second kappa shape index (κ2) is 6.02. The fourth-order valence-corrected chi connectivity index (χ4v) is 1.79. The molecule has 0 radical (unpaired) electrons. The van der Waals surface area contributed by atoms with E-state index in [1.165, 1.54) is 7.11 Å². The number of aryl methyl sites for hydroxylation is 1. The first-order chi connectivity index (χ1) is 8.79. The van der Waals surface area contributed by atoms with Crippen molar-refractivity contribution in [1.82, 2.24) is 10.5 Å². The zero-order chi connectivity index (χ0) is 12.8. The van der Waals surface area contributed by atoms with Crippen LogP contribution in [0.15, 0.2) is 42.5 Å². The summed E-state index contributed by atoms with van der Waals surface area (Å²) in [5.74, 6) is -0.117. The predicted octanol–water partition coefficient (Wildman–Crippen LogP) is 2.29. The topological polar surface area (TPSA) is 54.1 Å². The Labute approximate surface area is 106 Å². The predicted molar refractivity (Wildman–Crippen MR) is 69.7 cm³/mol. The normalized spacial score (nSPS) is 10.3. The SMILES string of the molecule is CONC(=O)CCc1ccc(-c2ccccc2)[nH]1. The summed E-state index contributed by atoms with van der Waals surface area (Å²) in [6, 6.07) is 14.1. The number of aromatic amines is 1. The Morgan fingerprint density at radius 2 is 2.00 bits per heavy atom. The van der Waals surface area contributed by atoms with Crippen molar-refractivity contribution in [3.8, 4) is 11.3 Å². The van der Waals surface area contributed by atoms with Crippen molar-refractivity contribution >= 4 is 5.91 Å². The zero-order valence-electron chi connectivity index (χ0n) is 10.3. The van der Waals surface area contributed by atoms with Gasteiger partial charge in [-0.05, 0) is 24.1 Å². The first-order valence-corrected chi connectivity index (χ1v) is 5.84. The van der Waals surface area contributed by atoms with Crippen LogP contribution in [0.3, 0.4) is 0 Å². The first kappa shape index (κ1) is 12.4. The lowest BCUT2D eigenvalue weighted by Crippen LogP contribution is -2.21. The molecule has 0 atom stereocenters. The molecule has 4 heteroatoms. The molecule has 94 valence electrons. The lowest BCUT2D eigenvalue weighted by Gasteiger charge is -2.01. The van der Waals surface area contributed by atoms with Gasteiger partial charge in [0.05, 0.1) is 7.11 Å². The summed E-state index contributed by atoms with van der Waals surface area (Å²) < 4.78 is 0. The van der Waals surface area contributed by atoms with Gasteiger partial charge in [0.1, 0.15) is 0 Å². The number of carbonyl (C=O) groups excluding carboxylic acids is 1. The molecule has 0 fully saturated rings. The number of carbonyl (C=O) groups is 1. The molecule has 2 rings (SSSR count). The smallest absolute Gasteiger partial charge is 0.243 e. The zero-order valence-corrected chi connectivity index (χ0v) is 10.3. The van der Waals surface area contributed by atoms with E-state index in [0.717, 1.165) is 17.0 Å². The number of rotatable bonds is 5. The van der Waals surface area contributed by atoms with Crippen LogP contribution in [0, 0.1) is 0 Å². The Hall–Kier alpha value is -2.07. The minimum absolute atomic E-state index is 0.117. The van der Waals surface area contributed by atoms with E-state index in [9.17, 15) is 4.79 Å². The molecule has 1 aromatic carbocycles. The van der Waals surface area contributed by atoms with E-state index in [2.05, 4.69) is 15.3 Å². The maximum Gasteiger partial charge on any atom is 0.243 e. The number of hydrogen-bond donors (Lipinski definition) is 2. The lowest BCUT2D eigenvalue weighted by atomic mass is 10.2. The quantitative estimate of drug-likeness (QED) is 0.793. The van der Waals surface area contributed by atoms with E-state index >= 15 is 0 Å². The van der Waals surface area contributed by atoms with Crippen LogP contribution in [-0.4, -0.2) is 18.0 Å². The Bertz CT molecular complexity index is 506. The van der Waals surface area contributed by atoms with Crippen molar-refractivity contribution in [2.75, 3.05) is 7.11 Å². The van der Waals surface area contributed by atoms with Crippen molar-refractivity contribution in [2.45, 2.75) is 12.8 Å². The summed E-state index contributed by atoms with van der Waals surface area (Å²) in [5, 5.41) is 0. The van der Waals surface area contributed by atoms with Gasteiger partial charge < -0.3 is 4.98 Å². The van der Waals surface area contributed by atoms with E-state index < -0.39 is 0 Å². The second-order valence-corrected chi connectivity index (χ2v) is 3.99. The Morgan fingerprint density at radius 1 is 1.22 bits per heavy atom. The van der Waals surface area contributed by atoms with Gasteiger partial charge in [-0.1, -0.05) is 30.3 Å². The highest BCUT2D eigenvalue weighted by atomic mass is 16.6. The molecule has 0 saturated heterocycles. The molecule has 18 heavy (non-hydrogen) atoms. The fourth-order valence-electron chi connectivity index (χ4n) is 1.79. The second-order valence-electron chi connectivity index (χ2n) is 3.99. The monoisotopic (exact) mass is 244 g/mol. The molecule has 0 saturated carbocycles. The molecular formula is C14H16N2O2. The molecule has 1 aromatic heterocycles. The van der Waals surface area contributed by atoms with E-state index in [4.69, 9.17) is 0 Å². The average molecular weight is 244 g/mol. The molecular weight excluding hydrogens is 228 g/mol. The van der Waals surface area contributed by atoms with Gasteiger partial charge in [0.2, 0.25) is 5.91 Å². The number of benzene rings is 1. The van der Waals surface area contributed by atoms with Crippen LogP contribution in [0.25, 0.3) is 11.3 Å². The van der Waals surface area contributed by atoms with Gasteiger partial charge in [-0.3, -0.25) is 9.63 Å². The van der Waals surface area contributed by atoms with E-state index in [-0.39, 0.29) is 5.91 Å². The van der Waals surface area contributed by atoms with Crippen molar-refractivity contribution in [3.05, 3.63) is 48.2 Å². The molecule has 0 spiro atoms. The molecule has 1 heterocycles. The van der Waals surface area contributed by atoms with Crippen LogP contribution in [0.4, 0.5) is 0 Å². The van der Waals surface area contributed by atoms with Crippen LogP contribution in [0.1, 0.15) is 12.1 Å². The largest absolute Gasteiger partial charge is 0.358 e. The van der Waals surface area contributed by atoms with Crippen LogP contribution < -0.4 is 5.48 Å². The molecule has 0 aliphatic rings. The summed E-state index contributed by atoms with van der Waals surface area (Å²) >= 11 is 0. The van der Waals surface area contributed by atoms with Gasteiger partial charge in [-0.2, -0.15) is 0 Å². The highest BCUT2D eigenvalue weighted by Gasteiger charge is 2.04. The van der Waals surface area contributed by atoms with Gasteiger partial charge >= 0.3 is 0 Å². The molecule has 0 aliphatic heterocycles. The third-order valence-corrected chi connectivity index (χ3v) is 2.67. The van der Waals surface area contributed by atoms with Gasteiger partial charge in [0, 0.05) is 17.8 Å². The number of H-pyrrole nitrogens is 1. The van der Waals surface area contributed by atoms with Gasteiger partial charge in [-0.25, -0.2) is 5.48 Å². The lowest BCUT2D eigenvalue weighted by molar-refractivity contribution is -0.131. The maximum absolute atomic E-state index is 11.2. The van der Waals surface area contributed by atoms with Crippen molar-refractivity contribution in [2.24, 2.45) is 0 Å². The van der Waals surface area contributed by atoms with Crippen molar-refractivity contribution in [3.63, 3.8) is 0 Å². The van der Waals surface area contributed by atoms with E-state index in [1.54, 1.807) is 0 Å². The maximum atomic E-state index is 11.2. The first-order valence-electron chi connectivity index (χ1n) is 5.84. The summed E-state index contributed by atoms with van der Waals surface area (Å²) in [6.07, 6.45) is 1.07. The van der Waals surface area contributed by atoms with Gasteiger partial charge in [0.15, 0.2) is 0 Å². The van der Waals surface area contributed by atoms with Crippen LogP contribution >= 0.6 is 0 Å². The third kappa shape index (κ3) is 3.21. The Balaban J connectivity index is 1.97. The van der Waals surface area contributed by atoms with Crippen molar-refractivity contribution in [1.29, 1.82) is 0 Å². The van der Waals surface area contributed by atoms with Gasteiger partial charge in [-0.15, -0.1) is 0 Å². The molecule has 1 amide bonds. The molecule has 2 N–H and O–H groups in total. The average Bonchev–Trinajstić information content (AvgIpc) is 2.87. The number of aromatic nitrogens is 1. The summed E-state index contributed by atoms with van der Waals surface area (Å²) in [7, 11) is 1.43. The van der Waals surface area contributed by atoms with E-state index in [0.29, 0.717) is 12.8 Å². The number of amides is 1. The van der Waals surface area contributed by atoms with Crippen LogP contribution in [0.2, 0.25) is 0 Å². The van der Waals surface area contributed by atoms with Gasteiger partial charge in [0.25, 0.3) is 0 Å². The molecule has 2 aromatic rings. The minimum atomic E-state index is -0.117. The Morgan fingerprint density at radius 3 is 2.72 bits per heavy atom. The fraction of sp³-hybridized carbons (Fsp3) is 0.214. The number of hydroxylamine groups is 1. The molecule has 0 aliphatic carbocycles. The standard InChI is InChI=1S/C14H16N2O2/c1-18-16-14(17)10-8-12-7-9-13(15-12)11-5-3-2-4-6-11/h2-7,9,15H,8,10H2,1H3,(H,16,17). The molecule has 0 unspecified atom stereocenters. The van der Waals surface area contributed by atoms with Crippen LogP contribution in [-0.2, 0) is 16.1 Å². The minimum Gasteiger partial charge on any atom is -0.358 e.